The van der Waals surface area contributed by atoms with E-state index in [9.17, 15) is 4.79 Å². The molecule has 0 fully saturated rings. The Morgan fingerprint density at radius 1 is 1.04 bits per heavy atom. The molecule has 0 spiro atoms. The Morgan fingerprint density at radius 3 is 2.00 bits per heavy atom. The van der Waals surface area contributed by atoms with E-state index in [1.807, 2.05) is 64.2 Å². The molecule has 23 heavy (non-hydrogen) atoms. The van der Waals surface area contributed by atoms with Crippen molar-refractivity contribution >= 4 is 6.09 Å². The Labute approximate surface area is 141 Å². The third-order valence-electron chi connectivity index (χ3n) is 3.21. The number of carbonyl (C=O) groups excluding carboxylic acids is 1. The van der Waals surface area contributed by atoms with Crippen LogP contribution in [-0.2, 0) is 4.74 Å². The maximum atomic E-state index is 12.4. The normalized spacial score (nSPS) is 12.9. The van der Waals surface area contributed by atoms with Crippen molar-refractivity contribution in [1.29, 1.82) is 0 Å². The second kappa shape index (κ2) is 12.3. The summed E-state index contributed by atoms with van der Waals surface area (Å²) >= 11 is 0. The van der Waals surface area contributed by atoms with Crippen LogP contribution >= 0.6 is 0 Å². The number of amides is 1. The van der Waals surface area contributed by atoms with Gasteiger partial charge in [0.25, 0.3) is 0 Å². The maximum absolute atomic E-state index is 12.4. The van der Waals surface area contributed by atoms with Crippen LogP contribution in [0.2, 0.25) is 0 Å². The number of allylic oxidation sites excluding steroid dienone is 6. The van der Waals surface area contributed by atoms with Crippen LogP contribution in [0.15, 0.2) is 72.9 Å². The molecule has 0 aromatic carbocycles. The van der Waals surface area contributed by atoms with Crippen LogP contribution in [0, 0.1) is 0 Å². The molecule has 1 amide bonds. The van der Waals surface area contributed by atoms with Crippen molar-refractivity contribution in [3.63, 3.8) is 0 Å². The Hall–Kier alpha value is -2.29. The fourth-order valence-corrected chi connectivity index (χ4v) is 1.73. The van der Waals surface area contributed by atoms with Crippen LogP contribution in [0.5, 0.6) is 0 Å². The molecule has 0 saturated carbocycles. The molecule has 0 aliphatic heterocycles. The van der Waals surface area contributed by atoms with Gasteiger partial charge in [-0.15, -0.1) is 0 Å². The zero-order valence-corrected chi connectivity index (χ0v) is 14.8. The van der Waals surface area contributed by atoms with Crippen LogP contribution in [0.4, 0.5) is 4.79 Å². The molecule has 0 rings (SSSR count). The van der Waals surface area contributed by atoms with E-state index in [4.69, 9.17) is 4.74 Å². The molecule has 0 bridgehead atoms. The molecule has 0 radical (unpaired) electrons. The van der Waals surface area contributed by atoms with Gasteiger partial charge in [-0.25, -0.2) is 4.79 Å². The highest BCUT2D eigenvalue weighted by molar-refractivity contribution is 5.68. The Balaban J connectivity index is 4.86. The van der Waals surface area contributed by atoms with Crippen molar-refractivity contribution in [3.8, 4) is 0 Å². The van der Waals surface area contributed by atoms with Gasteiger partial charge in [0.1, 0.15) is 6.61 Å². The summed E-state index contributed by atoms with van der Waals surface area (Å²) in [5.41, 5.74) is 1.97. The number of rotatable bonds is 9. The lowest BCUT2D eigenvalue weighted by Gasteiger charge is -2.26. The van der Waals surface area contributed by atoms with Crippen molar-refractivity contribution in [2.75, 3.05) is 13.2 Å². The fraction of sp³-hybridized carbons (Fsp3) is 0.350. The summed E-state index contributed by atoms with van der Waals surface area (Å²) in [5, 5.41) is 0. The van der Waals surface area contributed by atoms with E-state index in [1.54, 1.807) is 17.1 Å². The summed E-state index contributed by atoms with van der Waals surface area (Å²) in [6.07, 6.45) is 14.5. The second-order valence-electron chi connectivity index (χ2n) is 5.19. The first-order valence-electron chi connectivity index (χ1n) is 7.82. The zero-order chi connectivity index (χ0) is 17.7. The molecule has 3 heteroatoms. The zero-order valence-electron chi connectivity index (χ0n) is 14.8. The van der Waals surface area contributed by atoms with Gasteiger partial charge in [0.05, 0.1) is 0 Å². The SMILES string of the molecule is C=C/C=C\C(=C/C)COC(=O)N(CC(/C=C\C=C)=C/C)C(C)C. The van der Waals surface area contributed by atoms with Gasteiger partial charge in [0.2, 0.25) is 0 Å². The summed E-state index contributed by atoms with van der Waals surface area (Å²) in [6, 6.07) is 0.0485. The molecular weight excluding hydrogens is 286 g/mol. The second-order valence-corrected chi connectivity index (χ2v) is 5.19. The topological polar surface area (TPSA) is 29.5 Å². The van der Waals surface area contributed by atoms with E-state index in [-0.39, 0.29) is 18.7 Å². The molecule has 0 aromatic heterocycles. The summed E-state index contributed by atoms with van der Waals surface area (Å²) in [4.78, 5) is 14.1. The molecule has 3 nitrogen and oxygen atoms in total. The standard InChI is InChI=1S/C20H29NO2/c1-7-11-13-18(9-3)15-21(17(5)6)20(22)23-16-19(10-4)14-12-8-2/h7-14,17H,1-2,15-16H2,3-6H3/b13-11-,14-12-,18-9+,19-10+. The number of nitrogens with zero attached hydrogens (tertiary/aromatic N) is 1. The molecule has 0 aromatic rings. The molecule has 0 N–H and O–H groups in total. The van der Waals surface area contributed by atoms with Crippen molar-refractivity contribution in [2.45, 2.75) is 33.7 Å². The van der Waals surface area contributed by atoms with Crippen LogP contribution in [0.1, 0.15) is 27.7 Å². The van der Waals surface area contributed by atoms with Crippen molar-refractivity contribution < 1.29 is 9.53 Å². The summed E-state index contributed by atoms with van der Waals surface area (Å²) < 4.78 is 5.43. The quantitative estimate of drug-likeness (QED) is 0.547. The highest BCUT2D eigenvalue weighted by Crippen LogP contribution is 2.10. The average molecular weight is 315 g/mol. The Kier molecular flexibility index (Phi) is 11.1. The molecule has 0 saturated heterocycles. The average Bonchev–Trinajstić information content (AvgIpc) is 2.54. The molecular formula is C20H29NO2. The van der Waals surface area contributed by atoms with Crippen molar-refractivity contribution in [3.05, 3.63) is 72.9 Å². The molecule has 0 aliphatic rings. The third-order valence-corrected chi connectivity index (χ3v) is 3.21. The summed E-state index contributed by atoms with van der Waals surface area (Å²) in [5.74, 6) is 0. The van der Waals surface area contributed by atoms with Crippen LogP contribution in [0.3, 0.4) is 0 Å². The van der Waals surface area contributed by atoms with E-state index < -0.39 is 0 Å². The lowest BCUT2D eigenvalue weighted by molar-refractivity contribution is 0.104. The fourth-order valence-electron chi connectivity index (χ4n) is 1.73. The first-order chi connectivity index (χ1) is 11.0. The Morgan fingerprint density at radius 2 is 1.57 bits per heavy atom. The first-order valence-corrected chi connectivity index (χ1v) is 7.82. The lowest BCUT2D eigenvalue weighted by Crippen LogP contribution is -2.38. The number of hydrogen-bond acceptors (Lipinski definition) is 2. The van der Waals surface area contributed by atoms with Crippen LogP contribution < -0.4 is 0 Å². The third kappa shape index (κ3) is 8.67. The molecule has 126 valence electrons. The predicted octanol–water partition coefficient (Wildman–Crippen LogP) is 5.21. The van der Waals surface area contributed by atoms with Crippen LogP contribution in [0.25, 0.3) is 0 Å². The van der Waals surface area contributed by atoms with Crippen molar-refractivity contribution in [2.24, 2.45) is 0 Å². The van der Waals surface area contributed by atoms with Gasteiger partial charge in [-0.05, 0) is 38.8 Å². The molecule has 0 unspecified atom stereocenters. The largest absolute Gasteiger partial charge is 0.445 e. The minimum atomic E-state index is -0.322. The van der Waals surface area contributed by atoms with Crippen molar-refractivity contribution in [1.82, 2.24) is 4.90 Å². The van der Waals surface area contributed by atoms with Crippen LogP contribution in [-0.4, -0.2) is 30.2 Å². The van der Waals surface area contributed by atoms with Gasteiger partial charge in [0.15, 0.2) is 0 Å². The lowest BCUT2D eigenvalue weighted by atomic mass is 10.2. The minimum absolute atomic E-state index is 0.0485. The highest BCUT2D eigenvalue weighted by atomic mass is 16.6. The number of hydrogen-bond donors (Lipinski definition) is 0. The van der Waals surface area contributed by atoms with E-state index in [0.717, 1.165) is 11.1 Å². The van der Waals surface area contributed by atoms with Gasteiger partial charge < -0.3 is 9.64 Å². The summed E-state index contributed by atoms with van der Waals surface area (Å²) in [6.45, 7) is 15.8. The minimum Gasteiger partial charge on any atom is -0.445 e. The van der Waals surface area contributed by atoms with Gasteiger partial charge in [0, 0.05) is 12.6 Å². The van der Waals surface area contributed by atoms with E-state index >= 15 is 0 Å². The molecule has 0 aliphatic carbocycles. The highest BCUT2D eigenvalue weighted by Gasteiger charge is 2.19. The molecule has 0 heterocycles. The van der Waals surface area contributed by atoms with Gasteiger partial charge in [-0.2, -0.15) is 0 Å². The van der Waals surface area contributed by atoms with Gasteiger partial charge in [-0.3, -0.25) is 0 Å². The summed E-state index contributed by atoms with van der Waals surface area (Å²) in [7, 11) is 0. The monoisotopic (exact) mass is 315 g/mol. The molecule has 0 atom stereocenters. The smallest absolute Gasteiger partial charge is 0.410 e. The predicted molar refractivity (Wildman–Crippen MR) is 99.4 cm³/mol. The van der Waals surface area contributed by atoms with Gasteiger partial charge in [-0.1, -0.05) is 61.8 Å². The maximum Gasteiger partial charge on any atom is 0.410 e. The Bertz CT molecular complexity index is 508. The number of carbonyl (C=O) groups is 1. The number of ether oxygens (including phenoxy) is 1. The van der Waals surface area contributed by atoms with E-state index in [2.05, 4.69) is 13.2 Å². The van der Waals surface area contributed by atoms with Gasteiger partial charge >= 0.3 is 6.09 Å². The van der Waals surface area contributed by atoms with E-state index in [1.165, 1.54) is 0 Å². The first kappa shape index (κ1) is 20.7. The van der Waals surface area contributed by atoms with E-state index in [0.29, 0.717) is 6.54 Å².